The fourth-order valence-corrected chi connectivity index (χ4v) is 2.44. The molecule has 7 nitrogen and oxygen atoms in total. The molecule has 0 bridgehead atoms. The third-order valence-electron chi connectivity index (χ3n) is 3.42. The van der Waals surface area contributed by atoms with Crippen molar-refractivity contribution in [3.63, 3.8) is 0 Å². The lowest BCUT2D eigenvalue weighted by atomic mass is 10.2. The van der Waals surface area contributed by atoms with E-state index in [-0.39, 0.29) is 25.0 Å². The summed E-state index contributed by atoms with van der Waals surface area (Å²) >= 11 is 0. The van der Waals surface area contributed by atoms with Gasteiger partial charge in [-0.3, -0.25) is 0 Å². The number of nitrogens with zero attached hydrogens (tertiary/aromatic N) is 2. The SMILES string of the molecule is CC1COCCN1C(=O)N1CC(O)C[C@H]1C(=O)O. The van der Waals surface area contributed by atoms with Crippen LogP contribution in [0.3, 0.4) is 0 Å². The van der Waals surface area contributed by atoms with E-state index in [1.54, 1.807) is 4.90 Å². The van der Waals surface area contributed by atoms with Crippen LogP contribution in [0, 0.1) is 0 Å². The van der Waals surface area contributed by atoms with Crippen molar-refractivity contribution in [2.75, 3.05) is 26.3 Å². The number of ether oxygens (including phenoxy) is 1. The Morgan fingerprint density at radius 1 is 1.33 bits per heavy atom. The Balaban J connectivity index is 2.09. The van der Waals surface area contributed by atoms with E-state index < -0.39 is 18.1 Å². The summed E-state index contributed by atoms with van der Waals surface area (Å²) in [6.45, 7) is 3.32. The number of rotatable bonds is 1. The lowest BCUT2D eigenvalue weighted by Crippen LogP contribution is -2.54. The Labute approximate surface area is 105 Å². The van der Waals surface area contributed by atoms with E-state index in [0.29, 0.717) is 19.8 Å². The molecule has 2 amide bonds. The third-order valence-corrected chi connectivity index (χ3v) is 3.42. The van der Waals surface area contributed by atoms with E-state index in [9.17, 15) is 14.7 Å². The summed E-state index contributed by atoms with van der Waals surface area (Å²) in [4.78, 5) is 26.2. The Morgan fingerprint density at radius 2 is 2.06 bits per heavy atom. The average Bonchev–Trinajstić information content (AvgIpc) is 2.71. The van der Waals surface area contributed by atoms with Gasteiger partial charge in [0.25, 0.3) is 0 Å². The quantitative estimate of drug-likeness (QED) is 0.652. The van der Waals surface area contributed by atoms with Crippen molar-refractivity contribution in [1.29, 1.82) is 0 Å². The maximum Gasteiger partial charge on any atom is 0.326 e. The van der Waals surface area contributed by atoms with Gasteiger partial charge < -0.3 is 24.7 Å². The van der Waals surface area contributed by atoms with Gasteiger partial charge in [-0.1, -0.05) is 0 Å². The first-order valence-corrected chi connectivity index (χ1v) is 6.06. The maximum absolute atomic E-state index is 12.3. The number of likely N-dealkylation sites (tertiary alicyclic amines) is 1. The van der Waals surface area contributed by atoms with Crippen LogP contribution in [0.1, 0.15) is 13.3 Å². The normalized spacial score (nSPS) is 32.7. The van der Waals surface area contributed by atoms with E-state index in [1.165, 1.54) is 4.90 Å². The zero-order valence-corrected chi connectivity index (χ0v) is 10.3. The predicted octanol–water partition coefficient (Wildman–Crippen LogP) is -0.653. The molecule has 102 valence electrons. The molecule has 2 saturated heterocycles. The van der Waals surface area contributed by atoms with Crippen molar-refractivity contribution >= 4 is 12.0 Å². The summed E-state index contributed by atoms with van der Waals surface area (Å²) in [6, 6.07) is -1.32. The number of carbonyl (C=O) groups excluding carboxylic acids is 1. The molecule has 2 fully saturated rings. The maximum atomic E-state index is 12.3. The number of carboxylic acids is 1. The molecule has 2 N–H and O–H groups in total. The van der Waals surface area contributed by atoms with Gasteiger partial charge in [-0.05, 0) is 6.92 Å². The van der Waals surface area contributed by atoms with E-state index in [1.807, 2.05) is 6.92 Å². The van der Waals surface area contributed by atoms with Gasteiger partial charge in [0.05, 0.1) is 25.4 Å². The fourth-order valence-electron chi connectivity index (χ4n) is 2.44. The largest absolute Gasteiger partial charge is 0.480 e. The molecule has 0 aromatic heterocycles. The topological polar surface area (TPSA) is 90.3 Å². The molecule has 2 aliphatic heterocycles. The van der Waals surface area contributed by atoms with Crippen LogP contribution >= 0.6 is 0 Å². The summed E-state index contributed by atoms with van der Waals surface area (Å²) in [5.41, 5.74) is 0. The molecule has 2 heterocycles. The molecule has 0 saturated carbocycles. The summed E-state index contributed by atoms with van der Waals surface area (Å²) in [6.07, 6.45) is -0.661. The highest BCUT2D eigenvalue weighted by molar-refractivity contribution is 5.83. The average molecular weight is 258 g/mol. The smallest absolute Gasteiger partial charge is 0.326 e. The Kier molecular flexibility index (Phi) is 3.72. The number of hydrogen-bond donors (Lipinski definition) is 2. The number of morpholine rings is 1. The van der Waals surface area contributed by atoms with Crippen LogP contribution in [-0.2, 0) is 9.53 Å². The summed E-state index contributed by atoms with van der Waals surface area (Å²) in [7, 11) is 0. The zero-order valence-electron chi connectivity index (χ0n) is 10.3. The summed E-state index contributed by atoms with van der Waals surface area (Å²) in [5, 5.41) is 18.6. The number of urea groups is 1. The molecule has 2 unspecified atom stereocenters. The van der Waals surface area contributed by atoms with E-state index in [0.717, 1.165) is 0 Å². The molecule has 0 aliphatic carbocycles. The van der Waals surface area contributed by atoms with Gasteiger partial charge in [-0.25, -0.2) is 9.59 Å². The Morgan fingerprint density at radius 3 is 2.67 bits per heavy atom. The number of carboxylic acid groups (broad SMARTS) is 1. The number of carbonyl (C=O) groups is 2. The summed E-state index contributed by atoms with van der Waals surface area (Å²) in [5.74, 6) is -1.07. The molecule has 7 heteroatoms. The van der Waals surface area contributed by atoms with Crippen LogP contribution in [0.4, 0.5) is 4.79 Å². The number of aliphatic hydroxyl groups is 1. The standard InChI is InChI=1S/C11H18N2O5/c1-7-6-18-3-2-12(7)11(17)13-5-8(14)4-9(13)10(15)16/h7-9,14H,2-6H2,1H3,(H,15,16)/t7?,8?,9-/m0/s1. The van der Waals surface area contributed by atoms with Crippen LogP contribution in [0.2, 0.25) is 0 Å². The zero-order chi connectivity index (χ0) is 13.3. The van der Waals surface area contributed by atoms with Crippen molar-refractivity contribution in [3.8, 4) is 0 Å². The molecular weight excluding hydrogens is 240 g/mol. The minimum Gasteiger partial charge on any atom is -0.480 e. The molecule has 0 spiro atoms. The van der Waals surface area contributed by atoms with Crippen molar-refractivity contribution < 1.29 is 24.5 Å². The predicted molar refractivity (Wildman–Crippen MR) is 61.1 cm³/mol. The van der Waals surface area contributed by atoms with Crippen molar-refractivity contribution in [1.82, 2.24) is 9.80 Å². The lowest BCUT2D eigenvalue weighted by Gasteiger charge is -2.37. The summed E-state index contributed by atoms with van der Waals surface area (Å²) < 4.78 is 5.24. The third kappa shape index (κ3) is 2.41. The fraction of sp³-hybridized carbons (Fsp3) is 0.818. The highest BCUT2D eigenvalue weighted by Crippen LogP contribution is 2.21. The van der Waals surface area contributed by atoms with Gasteiger partial charge in [0.2, 0.25) is 0 Å². The first-order valence-electron chi connectivity index (χ1n) is 6.06. The minimum atomic E-state index is -1.07. The number of aliphatic hydroxyl groups excluding tert-OH is 1. The van der Waals surface area contributed by atoms with Crippen molar-refractivity contribution in [2.45, 2.75) is 31.5 Å². The molecule has 18 heavy (non-hydrogen) atoms. The van der Waals surface area contributed by atoms with E-state index in [4.69, 9.17) is 9.84 Å². The second-order valence-electron chi connectivity index (χ2n) is 4.80. The molecule has 2 rings (SSSR count). The second-order valence-corrected chi connectivity index (χ2v) is 4.80. The molecule has 3 atom stereocenters. The van der Waals surface area contributed by atoms with Crippen LogP contribution in [-0.4, -0.2) is 76.5 Å². The number of aliphatic carboxylic acids is 1. The highest BCUT2D eigenvalue weighted by Gasteiger charge is 2.41. The van der Waals surface area contributed by atoms with E-state index >= 15 is 0 Å². The first-order chi connectivity index (χ1) is 8.50. The number of amides is 2. The monoisotopic (exact) mass is 258 g/mol. The number of hydrogen-bond acceptors (Lipinski definition) is 4. The van der Waals surface area contributed by atoms with Gasteiger partial charge in [-0.15, -0.1) is 0 Å². The lowest BCUT2D eigenvalue weighted by molar-refractivity contribution is -0.141. The van der Waals surface area contributed by atoms with Crippen LogP contribution in [0.15, 0.2) is 0 Å². The van der Waals surface area contributed by atoms with Gasteiger partial charge in [0.15, 0.2) is 0 Å². The molecular formula is C11H18N2O5. The molecule has 0 aromatic carbocycles. The van der Waals surface area contributed by atoms with Crippen molar-refractivity contribution in [2.24, 2.45) is 0 Å². The second kappa shape index (κ2) is 5.11. The van der Waals surface area contributed by atoms with Gasteiger partial charge in [0.1, 0.15) is 6.04 Å². The van der Waals surface area contributed by atoms with Crippen molar-refractivity contribution in [3.05, 3.63) is 0 Å². The molecule has 0 aromatic rings. The van der Waals surface area contributed by atoms with E-state index in [2.05, 4.69) is 0 Å². The number of β-amino-alcohol motifs (C(OH)–C–C–N with tert-alkyl or cyclic N) is 1. The Bertz CT molecular complexity index is 348. The van der Waals surface area contributed by atoms with Crippen LogP contribution in [0.5, 0.6) is 0 Å². The first kappa shape index (κ1) is 13.1. The molecule has 2 aliphatic rings. The Hall–Kier alpha value is -1.34. The van der Waals surface area contributed by atoms with Gasteiger partial charge >= 0.3 is 12.0 Å². The molecule has 0 radical (unpaired) electrons. The van der Waals surface area contributed by atoms with Crippen LogP contribution in [0.25, 0.3) is 0 Å². The van der Waals surface area contributed by atoms with Crippen LogP contribution < -0.4 is 0 Å². The highest BCUT2D eigenvalue weighted by atomic mass is 16.5. The van der Waals surface area contributed by atoms with Gasteiger partial charge in [0, 0.05) is 19.5 Å². The van der Waals surface area contributed by atoms with Gasteiger partial charge in [-0.2, -0.15) is 0 Å². The minimum absolute atomic E-state index is 0.0709.